The third kappa shape index (κ3) is 2.60. The van der Waals surface area contributed by atoms with Crippen molar-refractivity contribution in [2.75, 3.05) is 18.0 Å². The van der Waals surface area contributed by atoms with Gasteiger partial charge in [-0.2, -0.15) is 5.10 Å². The molecule has 0 atom stereocenters. The van der Waals surface area contributed by atoms with Gasteiger partial charge in [0.1, 0.15) is 6.54 Å². The van der Waals surface area contributed by atoms with Gasteiger partial charge in [0.15, 0.2) is 0 Å². The lowest BCUT2D eigenvalue weighted by molar-refractivity contribution is -0.137. The van der Waals surface area contributed by atoms with E-state index in [0.717, 1.165) is 18.8 Å². The zero-order valence-corrected chi connectivity index (χ0v) is 10.6. The number of nitrogens with zero attached hydrogens (tertiary/aromatic N) is 3. The number of rotatable bonds is 3. The Morgan fingerprint density at radius 1 is 1.53 bits per heavy atom. The van der Waals surface area contributed by atoms with Crippen LogP contribution < -0.4 is 4.90 Å². The van der Waals surface area contributed by atoms with Gasteiger partial charge < -0.3 is 10.0 Å². The molecule has 0 aliphatic carbocycles. The van der Waals surface area contributed by atoms with Gasteiger partial charge in [0.25, 0.3) is 0 Å². The standard InChI is InChI=1S/C12H19N3O2/c1-12(2,3)9-5-14(6-9)10-4-13-15(7-10)8-11(16)17/h4,7,9H,5-6,8H2,1-3H3,(H,16,17). The number of aliphatic carboxylic acids is 1. The number of carbonyl (C=O) groups is 1. The predicted octanol–water partition coefficient (Wildman–Crippen LogP) is 1.45. The first kappa shape index (κ1) is 12.0. The highest BCUT2D eigenvalue weighted by Gasteiger charge is 2.36. The van der Waals surface area contributed by atoms with Crippen molar-refractivity contribution in [1.82, 2.24) is 9.78 Å². The molecular weight excluding hydrogens is 218 g/mol. The van der Waals surface area contributed by atoms with Crippen LogP contribution in [0.5, 0.6) is 0 Å². The molecule has 0 unspecified atom stereocenters. The third-order valence-corrected chi connectivity index (χ3v) is 3.39. The van der Waals surface area contributed by atoms with E-state index in [1.165, 1.54) is 4.68 Å². The number of aromatic nitrogens is 2. The summed E-state index contributed by atoms with van der Waals surface area (Å²) >= 11 is 0. The van der Waals surface area contributed by atoms with Crippen molar-refractivity contribution in [1.29, 1.82) is 0 Å². The molecule has 1 fully saturated rings. The summed E-state index contributed by atoms with van der Waals surface area (Å²) in [5.41, 5.74) is 1.36. The molecule has 2 rings (SSSR count). The van der Waals surface area contributed by atoms with E-state index >= 15 is 0 Å². The molecule has 0 aromatic carbocycles. The summed E-state index contributed by atoms with van der Waals surface area (Å²) in [5.74, 6) is -0.166. The first-order chi connectivity index (χ1) is 7.86. The lowest BCUT2D eigenvalue weighted by atomic mass is 9.76. The molecule has 0 radical (unpaired) electrons. The molecule has 1 aliphatic rings. The van der Waals surface area contributed by atoms with Crippen LogP contribution >= 0.6 is 0 Å². The fourth-order valence-corrected chi connectivity index (χ4v) is 1.98. The van der Waals surface area contributed by atoms with Crippen molar-refractivity contribution < 1.29 is 9.90 Å². The van der Waals surface area contributed by atoms with Crippen LogP contribution in [-0.2, 0) is 11.3 Å². The van der Waals surface area contributed by atoms with E-state index < -0.39 is 5.97 Å². The van der Waals surface area contributed by atoms with Crippen LogP contribution in [0.1, 0.15) is 20.8 Å². The second-order valence-electron chi connectivity index (χ2n) is 5.76. The van der Waals surface area contributed by atoms with Crippen LogP contribution in [0.2, 0.25) is 0 Å². The van der Waals surface area contributed by atoms with Crippen molar-refractivity contribution in [2.45, 2.75) is 27.3 Å². The van der Waals surface area contributed by atoms with Gasteiger partial charge >= 0.3 is 5.97 Å². The molecule has 5 heteroatoms. The number of anilines is 1. The van der Waals surface area contributed by atoms with E-state index in [2.05, 4.69) is 30.8 Å². The molecule has 17 heavy (non-hydrogen) atoms. The maximum Gasteiger partial charge on any atom is 0.325 e. The summed E-state index contributed by atoms with van der Waals surface area (Å²) in [4.78, 5) is 12.8. The van der Waals surface area contributed by atoms with Gasteiger partial charge in [0.2, 0.25) is 0 Å². The van der Waals surface area contributed by atoms with Gasteiger partial charge in [0, 0.05) is 19.3 Å². The Bertz CT molecular complexity index is 414. The van der Waals surface area contributed by atoms with Crippen molar-refractivity contribution in [2.24, 2.45) is 11.3 Å². The molecule has 5 nitrogen and oxygen atoms in total. The zero-order valence-electron chi connectivity index (χ0n) is 10.6. The largest absolute Gasteiger partial charge is 0.480 e. The Kier molecular flexibility index (Phi) is 2.85. The Balaban J connectivity index is 1.93. The molecule has 2 heterocycles. The third-order valence-electron chi connectivity index (χ3n) is 3.39. The maximum atomic E-state index is 10.5. The van der Waals surface area contributed by atoms with Crippen LogP contribution in [0, 0.1) is 11.3 Å². The topological polar surface area (TPSA) is 58.4 Å². The highest BCUT2D eigenvalue weighted by atomic mass is 16.4. The SMILES string of the molecule is CC(C)(C)C1CN(c2cnn(CC(=O)O)c2)C1. The van der Waals surface area contributed by atoms with Crippen molar-refractivity contribution >= 4 is 11.7 Å². The summed E-state index contributed by atoms with van der Waals surface area (Å²) in [6.07, 6.45) is 3.54. The van der Waals surface area contributed by atoms with E-state index in [1.807, 2.05) is 0 Å². The minimum atomic E-state index is -0.865. The number of hydrogen-bond acceptors (Lipinski definition) is 3. The summed E-state index contributed by atoms with van der Waals surface area (Å²) in [7, 11) is 0. The lowest BCUT2D eigenvalue weighted by Crippen LogP contribution is -2.52. The highest BCUT2D eigenvalue weighted by Crippen LogP contribution is 2.35. The fourth-order valence-electron chi connectivity index (χ4n) is 1.98. The molecule has 0 amide bonds. The molecule has 0 spiro atoms. The minimum Gasteiger partial charge on any atom is -0.480 e. The van der Waals surface area contributed by atoms with Gasteiger partial charge in [-0.05, 0) is 11.3 Å². The highest BCUT2D eigenvalue weighted by molar-refractivity contribution is 5.66. The normalized spacial score (nSPS) is 17.0. The Morgan fingerprint density at radius 3 is 2.71 bits per heavy atom. The maximum absolute atomic E-state index is 10.5. The molecule has 1 aromatic rings. The summed E-state index contributed by atoms with van der Waals surface area (Å²) in [6.45, 7) is 8.75. The molecule has 1 saturated heterocycles. The Labute approximate surface area is 101 Å². The second-order valence-corrected chi connectivity index (χ2v) is 5.76. The molecule has 94 valence electrons. The summed E-state index contributed by atoms with van der Waals surface area (Å²) in [5, 5.41) is 12.7. The van der Waals surface area contributed by atoms with Crippen molar-refractivity contribution in [3.05, 3.63) is 12.4 Å². The van der Waals surface area contributed by atoms with Crippen molar-refractivity contribution in [3.63, 3.8) is 0 Å². The van der Waals surface area contributed by atoms with E-state index in [0.29, 0.717) is 11.3 Å². The number of carboxylic acid groups (broad SMARTS) is 1. The number of carboxylic acids is 1. The van der Waals surface area contributed by atoms with E-state index in [4.69, 9.17) is 5.11 Å². The quantitative estimate of drug-likeness (QED) is 0.864. The van der Waals surface area contributed by atoms with Crippen LogP contribution in [0.3, 0.4) is 0 Å². The van der Waals surface area contributed by atoms with E-state index in [-0.39, 0.29) is 6.54 Å². The summed E-state index contributed by atoms with van der Waals surface area (Å²) in [6, 6.07) is 0. The average molecular weight is 237 g/mol. The fraction of sp³-hybridized carbons (Fsp3) is 0.667. The van der Waals surface area contributed by atoms with Crippen LogP contribution in [0.15, 0.2) is 12.4 Å². The van der Waals surface area contributed by atoms with Gasteiger partial charge in [-0.15, -0.1) is 0 Å². The second kappa shape index (κ2) is 4.05. The Hall–Kier alpha value is -1.52. The van der Waals surface area contributed by atoms with Gasteiger partial charge in [-0.3, -0.25) is 9.48 Å². The smallest absolute Gasteiger partial charge is 0.325 e. The zero-order chi connectivity index (χ0) is 12.6. The minimum absolute atomic E-state index is 0.0729. The average Bonchev–Trinajstić information content (AvgIpc) is 2.45. The van der Waals surface area contributed by atoms with E-state index in [9.17, 15) is 4.79 Å². The molecule has 1 aliphatic heterocycles. The molecular formula is C12H19N3O2. The van der Waals surface area contributed by atoms with Crippen LogP contribution in [-0.4, -0.2) is 33.9 Å². The van der Waals surface area contributed by atoms with Crippen molar-refractivity contribution in [3.8, 4) is 0 Å². The van der Waals surface area contributed by atoms with E-state index in [1.54, 1.807) is 12.4 Å². The first-order valence-corrected chi connectivity index (χ1v) is 5.85. The number of hydrogen-bond donors (Lipinski definition) is 1. The van der Waals surface area contributed by atoms with Gasteiger partial charge in [0.05, 0.1) is 11.9 Å². The predicted molar refractivity (Wildman–Crippen MR) is 65.0 cm³/mol. The molecule has 0 bridgehead atoms. The van der Waals surface area contributed by atoms with Gasteiger partial charge in [-0.1, -0.05) is 20.8 Å². The summed E-state index contributed by atoms with van der Waals surface area (Å²) < 4.78 is 1.46. The molecule has 1 aromatic heterocycles. The molecule has 1 N–H and O–H groups in total. The van der Waals surface area contributed by atoms with Crippen LogP contribution in [0.25, 0.3) is 0 Å². The Morgan fingerprint density at radius 2 is 2.18 bits per heavy atom. The van der Waals surface area contributed by atoms with Gasteiger partial charge in [-0.25, -0.2) is 0 Å². The molecule has 0 saturated carbocycles. The van der Waals surface area contributed by atoms with Crippen LogP contribution in [0.4, 0.5) is 5.69 Å². The first-order valence-electron chi connectivity index (χ1n) is 5.85. The monoisotopic (exact) mass is 237 g/mol. The lowest BCUT2D eigenvalue weighted by Gasteiger charge is -2.47.